The Balaban J connectivity index is 2.93. The molecule has 2 aromatic rings. The van der Waals surface area contributed by atoms with Gasteiger partial charge in [0.25, 0.3) is 0 Å². The van der Waals surface area contributed by atoms with Gasteiger partial charge in [-0.1, -0.05) is 34.8 Å². The Kier molecular flexibility index (Phi) is 2.54. The molecule has 1 aromatic heterocycles. The van der Waals surface area contributed by atoms with Crippen LogP contribution in [0, 0.1) is 0 Å². The number of fused-ring (bicyclic) bond motifs is 1. The highest BCUT2D eigenvalue weighted by Gasteiger charge is 2.19. The van der Waals surface area contributed by atoms with Crippen LogP contribution < -0.4 is 0 Å². The van der Waals surface area contributed by atoms with Crippen LogP contribution in [0.15, 0.2) is 12.1 Å². The quantitative estimate of drug-likeness (QED) is 0.822. The molecule has 2 rings (SSSR count). The fraction of sp³-hybridized carbons (Fsp3) is 0. The zero-order valence-electron chi connectivity index (χ0n) is 7.14. The average Bonchev–Trinajstić information content (AvgIpc) is 2.40. The number of carboxylic acid groups (broad SMARTS) is 1. The van der Waals surface area contributed by atoms with Gasteiger partial charge in [-0.3, -0.25) is 0 Å². The number of carboxylic acids is 1. The van der Waals surface area contributed by atoms with Gasteiger partial charge in [0, 0.05) is 10.4 Å². The molecule has 0 unspecified atom stereocenters. The molecule has 78 valence electrons. The Morgan fingerprint density at radius 2 is 1.93 bits per heavy atom. The van der Waals surface area contributed by atoms with Gasteiger partial charge in [-0.25, -0.2) is 4.79 Å². The summed E-state index contributed by atoms with van der Waals surface area (Å²) in [6.45, 7) is 0. The van der Waals surface area contributed by atoms with E-state index in [4.69, 9.17) is 39.9 Å². The molecule has 0 radical (unpaired) electrons. The zero-order chi connectivity index (χ0) is 11.2. The molecule has 0 amide bonds. The maximum absolute atomic E-state index is 10.9. The number of nitrogens with one attached hydrogen (secondary N) is 1. The van der Waals surface area contributed by atoms with E-state index in [9.17, 15) is 4.79 Å². The molecule has 15 heavy (non-hydrogen) atoms. The van der Waals surface area contributed by atoms with Gasteiger partial charge in [-0.2, -0.15) is 0 Å². The minimum atomic E-state index is -1.13. The lowest BCUT2D eigenvalue weighted by molar-refractivity contribution is 0.0699. The fourth-order valence-corrected chi connectivity index (χ4v) is 2.28. The van der Waals surface area contributed by atoms with E-state index < -0.39 is 5.97 Å². The summed E-state index contributed by atoms with van der Waals surface area (Å²) in [5.74, 6) is -1.13. The van der Waals surface area contributed by atoms with Gasteiger partial charge < -0.3 is 10.1 Å². The lowest BCUT2D eigenvalue weighted by atomic mass is 10.2. The summed E-state index contributed by atoms with van der Waals surface area (Å²) in [5, 5.41) is 10.0. The number of aromatic carboxylic acids is 1. The lowest BCUT2D eigenvalue weighted by Gasteiger charge is -1.97. The maximum atomic E-state index is 10.9. The number of H-pyrrole nitrogens is 1. The van der Waals surface area contributed by atoms with Crippen LogP contribution in [0.25, 0.3) is 10.9 Å². The van der Waals surface area contributed by atoms with E-state index in [-0.39, 0.29) is 15.7 Å². The number of carbonyl (C=O) groups is 1. The second kappa shape index (κ2) is 3.59. The first-order valence-electron chi connectivity index (χ1n) is 3.90. The summed E-state index contributed by atoms with van der Waals surface area (Å²) in [4.78, 5) is 13.6. The maximum Gasteiger partial charge on any atom is 0.339 e. The summed E-state index contributed by atoms with van der Waals surface area (Å²) in [6, 6.07) is 3.04. The number of halogens is 3. The van der Waals surface area contributed by atoms with E-state index in [1.807, 2.05) is 0 Å². The Labute approximate surface area is 99.6 Å². The van der Waals surface area contributed by atoms with Gasteiger partial charge in [0.05, 0.1) is 10.5 Å². The average molecular weight is 264 g/mol. The molecule has 0 saturated carbocycles. The second-order valence-electron chi connectivity index (χ2n) is 2.93. The largest absolute Gasteiger partial charge is 0.478 e. The fourth-order valence-electron chi connectivity index (χ4n) is 1.42. The first kappa shape index (κ1) is 10.6. The number of hydrogen-bond donors (Lipinski definition) is 2. The van der Waals surface area contributed by atoms with Crippen molar-refractivity contribution in [3.63, 3.8) is 0 Å². The molecule has 0 bridgehead atoms. The summed E-state index contributed by atoms with van der Waals surface area (Å²) in [6.07, 6.45) is 0. The predicted octanol–water partition coefficient (Wildman–Crippen LogP) is 3.83. The highest BCUT2D eigenvalue weighted by atomic mass is 35.5. The molecule has 0 saturated heterocycles. The number of aromatic nitrogens is 1. The van der Waals surface area contributed by atoms with E-state index in [0.29, 0.717) is 15.9 Å². The first-order chi connectivity index (χ1) is 7.00. The standard InChI is InChI=1S/C9H4Cl3NO2/c10-3-1-4(11)6-5(2-3)13-8(12)7(6)9(14)15/h1-2,13H,(H,14,15). The molecular weight excluding hydrogens is 260 g/mol. The van der Waals surface area contributed by atoms with Gasteiger partial charge in [0.15, 0.2) is 0 Å². The van der Waals surface area contributed by atoms with Crippen LogP contribution in [-0.4, -0.2) is 16.1 Å². The molecule has 0 spiro atoms. The predicted molar refractivity (Wildman–Crippen MR) is 60.3 cm³/mol. The van der Waals surface area contributed by atoms with E-state index in [0.717, 1.165) is 0 Å². The van der Waals surface area contributed by atoms with Gasteiger partial charge >= 0.3 is 5.97 Å². The Hall–Kier alpha value is -0.900. The molecule has 0 aliphatic carbocycles. The molecule has 2 N–H and O–H groups in total. The third-order valence-corrected chi connectivity index (χ3v) is 2.78. The van der Waals surface area contributed by atoms with Crippen molar-refractivity contribution in [3.05, 3.63) is 32.9 Å². The van der Waals surface area contributed by atoms with Gasteiger partial charge in [0.2, 0.25) is 0 Å². The summed E-state index contributed by atoms with van der Waals surface area (Å²) < 4.78 is 0. The van der Waals surface area contributed by atoms with E-state index >= 15 is 0 Å². The lowest BCUT2D eigenvalue weighted by Crippen LogP contribution is -1.95. The van der Waals surface area contributed by atoms with Crippen LogP contribution >= 0.6 is 34.8 Å². The highest BCUT2D eigenvalue weighted by molar-refractivity contribution is 6.42. The van der Waals surface area contributed by atoms with Crippen molar-refractivity contribution in [1.82, 2.24) is 4.98 Å². The third kappa shape index (κ3) is 1.67. The molecule has 6 heteroatoms. The number of benzene rings is 1. The molecule has 0 aliphatic heterocycles. The summed E-state index contributed by atoms with van der Waals surface area (Å²) in [7, 11) is 0. The topological polar surface area (TPSA) is 53.1 Å². The van der Waals surface area contributed by atoms with Crippen LogP contribution in [0.4, 0.5) is 0 Å². The van der Waals surface area contributed by atoms with Gasteiger partial charge in [0.1, 0.15) is 10.7 Å². The van der Waals surface area contributed by atoms with Crippen molar-refractivity contribution >= 4 is 51.7 Å². The number of rotatable bonds is 1. The van der Waals surface area contributed by atoms with Crippen molar-refractivity contribution in [3.8, 4) is 0 Å². The number of hydrogen-bond acceptors (Lipinski definition) is 1. The smallest absolute Gasteiger partial charge is 0.339 e. The number of aromatic amines is 1. The third-order valence-electron chi connectivity index (χ3n) is 1.98. The highest BCUT2D eigenvalue weighted by Crippen LogP contribution is 2.34. The molecule has 0 fully saturated rings. The van der Waals surface area contributed by atoms with Crippen molar-refractivity contribution in [1.29, 1.82) is 0 Å². The van der Waals surface area contributed by atoms with Gasteiger partial charge in [-0.15, -0.1) is 0 Å². The van der Waals surface area contributed by atoms with Crippen molar-refractivity contribution in [2.45, 2.75) is 0 Å². The van der Waals surface area contributed by atoms with E-state index in [1.165, 1.54) is 6.07 Å². The van der Waals surface area contributed by atoms with E-state index in [1.54, 1.807) is 6.07 Å². The normalized spacial score (nSPS) is 10.9. The monoisotopic (exact) mass is 263 g/mol. The van der Waals surface area contributed by atoms with Crippen molar-refractivity contribution in [2.24, 2.45) is 0 Å². The molecule has 3 nitrogen and oxygen atoms in total. The SMILES string of the molecule is O=C(O)c1c(Cl)[nH]c2cc(Cl)cc(Cl)c12. The molecule has 1 heterocycles. The summed E-state index contributed by atoms with van der Waals surface area (Å²) in [5.41, 5.74) is 0.475. The zero-order valence-corrected chi connectivity index (χ0v) is 9.41. The second-order valence-corrected chi connectivity index (χ2v) is 4.15. The molecule has 1 aromatic carbocycles. The van der Waals surface area contributed by atoms with Crippen LogP contribution in [0.5, 0.6) is 0 Å². The Bertz CT molecular complexity index is 562. The van der Waals surface area contributed by atoms with Crippen molar-refractivity contribution in [2.75, 3.05) is 0 Å². The molecular formula is C9H4Cl3NO2. The van der Waals surface area contributed by atoms with Crippen LogP contribution in [0.2, 0.25) is 15.2 Å². The first-order valence-corrected chi connectivity index (χ1v) is 5.03. The molecule has 0 aliphatic rings. The van der Waals surface area contributed by atoms with E-state index in [2.05, 4.69) is 4.98 Å². The van der Waals surface area contributed by atoms with Crippen molar-refractivity contribution < 1.29 is 9.90 Å². The van der Waals surface area contributed by atoms with Crippen LogP contribution in [0.3, 0.4) is 0 Å². The van der Waals surface area contributed by atoms with Gasteiger partial charge in [-0.05, 0) is 12.1 Å². The Morgan fingerprint density at radius 1 is 1.27 bits per heavy atom. The van der Waals surface area contributed by atoms with Crippen LogP contribution in [-0.2, 0) is 0 Å². The minimum absolute atomic E-state index is 0.0340. The summed E-state index contributed by atoms with van der Waals surface area (Å²) >= 11 is 17.4. The Morgan fingerprint density at radius 3 is 2.53 bits per heavy atom. The minimum Gasteiger partial charge on any atom is -0.478 e. The van der Waals surface area contributed by atoms with Crippen LogP contribution in [0.1, 0.15) is 10.4 Å². The molecule has 0 atom stereocenters.